The van der Waals surface area contributed by atoms with Gasteiger partial charge >= 0.3 is 6.18 Å². The van der Waals surface area contributed by atoms with Gasteiger partial charge in [0.15, 0.2) is 5.11 Å². The normalized spacial score (nSPS) is 15.5. The minimum atomic E-state index is -4.94. The molecule has 1 fully saturated rings. The summed E-state index contributed by atoms with van der Waals surface area (Å²) < 4.78 is 58.3. The van der Waals surface area contributed by atoms with E-state index in [0.29, 0.717) is 29.3 Å². The highest BCUT2D eigenvalue weighted by Crippen LogP contribution is 2.33. The van der Waals surface area contributed by atoms with Gasteiger partial charge in [-0.15, -0.1) is 0 Å². The summed E-state index contributed by atoms with van der Waals surface area (Å²) in [6.07, 6.45) is -3.98. The van der Waals surface area contributed by atoms with Gasteiger partial charge in [0.25, 0.3) is 11.8 Å². The number of nitrogens with one attached hydrogen (secondary N) is 1. The molecule has 1 heterocycles. The van der Waals surface area contributed by atoms with Crippen LogP contribution in [-0.2, 0) is 15.8 Å². The van der Waals surface area contributed by atoms with Crippen molar-refractivity contribution in [1.82, 2.24) is 5.32 Å². The SMILES string of the molecule is O=C1NC(=S)N(c2ccc(Oc3ccccc3)cc2)C(=O)/C1=C/c1ccc(F)c(C(F)(F)F)c1. The average Bonchev–Trinajstić information content (AvgIpc) is 2.78. The third-order valence-electron chi connectivity index (χ3n) is 4.78. The molecular formula is C24H14F4N2O3S. The fourth-order valence-corrected chi connectivity index (χ4v) is 3.48. The summed E-state index contributed by atoms with van der Waals surface area (Å²) in [5.74, 6) is -2.10. The summed E-state index contributed by atoms with van der Waals surface area (Å²) in [5.41, 5.74) is -1.84. The van der Waals surface area contributed by atoms with Crippen LogP contribution in [-0.4, -0.2) is 16.9 Å². The lowest BCUT2D eigenvalue weighted by Gasteiger charge is -2.29. The molecule has 1 N–H and O–H groups in total. The standard InChI is InChI=1S/C24H14F4N2O3S/c25-20-11-6-14(13-19(20)24(26,27)28)12-18-21(31)29-23(34)30(22(18)32)15-7-9-17(10-8-15)33-16-4-2-1-3-5-16/h1-13H,(H,29,31,34)/b18-12+. The van der Waals surface area contributed by atoms with Gasteiger partial charge in [-0.05, 0) is 72.4 Å². The van der Waals surface area contributed by atoms with E-state index < -0.39 is 34.9 Å². The number of carbonyl (C=O) groups is 2. The Bertz CT molecular complexity index is 1310. The van der Waals surface area contributed by atoms with E-state index in [2.05, 4.69) is 5.32 Å². The molecule has 0 spiro atoms. The van der Waals surface area contributed by atoms with Crippen LogP contribution in [0.25, 0.3) is 6.08 Å². The van der Waals surface area contributed by atoms with Crippen molar-refractivity contribution in [2.75, 3.05) is 4.90 Å². The predicted molar refractivity (Wildman–Crippen MR) is 121 cm³/mol. The Morgan fingerprint density at radius 3 is 2.21 bits per heavy atom. The van der Waals surface area contributed by atoms with Crippen LogP contribution in [0.4, 0.5) is 23.2 Å². The fraction of sp³-hybridized carbons (Fsp3) is 0.0417. The van der Waals surface area contributed by atoms with E-state index in [1.807, 2.05) is 18.2 Å². The van der Waals surface area contributed by atoms with Gasteiger partial charge in [-0.25, -0.2) is 4.39 Å². The van der Waals surface area contributed by atoms with Crippen LogP contribution in [0, 0.1) is 5.82 Å². The Morgan fingerprint density at radius 2 is 1.56 bits per heavy atom. The van der Waals surface area contributed by atoms with Crippen molar-refractivity contribution in [2.45, 2.75) is 6.18 Å². The number of carbonyl (C=O) groups excluding carboxylic acids is 2. The zero-order valence-corrected chi connectivity index (χ0v) is 17.9. The van der Waals surface area contributed by atoms with Gasteiger partial charge in [-0.1, -0.05) is 24.3 Å². The summed E-state index contributed by atoms with van der Waals surface area (Å²) >= 11 is 5.12. The Labute approximate surface area is 196 Å². The van der Waals surface area contributed by atoms with Crippen LogP contribution >= 0.6 is 12.2 Å². The fourth-order valence-electron chi connectivity index (χ4n) is 3.20. The molecule has 34 heavy (non-hydrogen) atoms. The van der Waals surface area contributed by atoms with Crippen molar-refractivity contribution in [1.29, 1.82) is 0 Å². The van der Waals surface area contributed by atoms with E-state index in [4.69, 9.17) is 17.0 Å². The van der Waals surface area contributed by atoms with Crippen molar-refractivity contribution in [2.24, 2.45) is 0 Å². The first-order valence-corrected chi connectivity index (χ1v) is 10.2. The summed E-state index contributed by atoms with van der Waals surface area (Å²) in [6, 6.07) is 17.4. The van der Waals surface area contributed by atoms with E-state index >= 15 is 0 Å². The number of para-hydroxylation sites is 1. The quantitative estimate of drug-likeness (QED) is 0.230. The van der Waals surface area contributed by atoms with Crippen molar-refractivity contribution in [3.8, 4) is 11.5 Å². The molecule has 2 amide bonds. The molecule has 1 saturated heterocycles. The first kappa shape index (κ1) is 23.1. The largest absolute Gasteiger partial charge is 0.457 e. The van der Waals surface area contributed by atoms with Crippen molar-refractivity contribution >= 4 is 40.9 Å². The van der Waals surface area contributed by atoms with Gasteiger partial charge in [-0.3, -0.25) is 19.8 Å². The number of nitrogens with zero attached hydrogens (tertiary/aromatic N) is 1. The number of thiocarbonyl (C=S) groups is 1. The number of hydrogen-bond acceptors (Lipinski definition) is 4. The average molecular weight is 486 g/mol. The summed E-state index contributed by atoms with van der Waals surface area (Å²) in [6.45, 7) is 0. The van der Waals surface area contributed by atoms with E-state index in [1.165, 1.54) is 12.1 Å². The monoisotopic (exact) mass is 486 g/mol. The second-order valence-electron chi connectivity index (χ2n) is 7.10. The molecule has 1 aliphatic rings. The molecule has 0 aliphatic carbocycles. The lowest BCUT2D eigenvalue weighted by Crippen LogP contribution is -2.54. The number of hydrogen-bond donors (Lipinski definition) is 1. The minimum absolute atomic E-state index is 0.174. The zero-order valence-electron chi connectivity index (χ0n) is 17.1. The molecule has 0 unspecified atom stereocenters. The highest BCUT2D eigenvalue weighted by atomic mass is 32.1. The third-order valence-corrected chi connectivity index (χ3v) is 5.07. The Balaban J connectivity index is 1.63. The molecule has 3 aromatic carbocycles. The van der Waals surface area contributed by atoms with Crippen LogP contribution in [0.3, 0.4) is 0 Å². The van der Waals surface area contributed by atoms with Crippen LogP contribution in [0.1, 0.15) is 11.1 Å². The number of ether oxygens (including phenoxy) is 1. The van der Waals surface area contributed by atoms with Crippen LogP contribution < -0.4 is 15.0 Å². The lowest BCUT2D eigenvalue weighted by atomic mass is 10.0. The highest BCUT2D eigenvalue weighted by molar-refractivity contribution is 7.80. The maximum absolute atomic E-state index is 13.6. The van der Waals surface area contributed by atoms with Crippen LogP contribution in [0.15, 0.2) is 78.4 Å². The van der Waals surface area contributed by atoms with E-state index in [9.17, 15) is 27.2 Å². The Hall–Kier alpha value is -4.05. The maximum atomic E-state index is 13.6. The van der Waals surface area contributed by atoms with E-state index in [-0.39, 0.29) is 10.7 Å². The van der Waals surface area contributed by atoms with Crippen LogP contribution in [0.5, 0.6) is 11.5 Å². The first-order chi connectivity index (χ1) is 16.1. The molecule has 1 aliphatic heterocycles. The summed E-state index contributed by atoms with van der Waals surface area (Å²) in [4.78, 5) is 26.5. The molecule has 4 rings (SSSR count). The number of anilines is 1. The molecule has 0 aromatic heterocycles. The van der Waals surface area contributed by atoms with Gasteiger partial charge in [0, 0.05) is 0 Å². The Morgan fingerprint density at radius 1 is 0.912 bits per heavy atom. The topological polar surface area (TPSA) is 58.6 Å². The first-order valence-electron chi connectivity index (χ1n) is 9.74. The summed E-state index contributed by atoms with van der Waals surface area (Å²) in [7, 11) is 0. The molecule has 5 nitrogen and oxygen atoms in total. The second-order valence-corrected chi connectivity index (χ2v) is 7.49. The molecule has 0 bridgehead atoms. The summed E-state index contributed by atoms with van der Waals surface area (Å²) in [5, 5.41) is 2.15. The minimum Gasteiger partial charge on any atom is -0.457 e. The Kier molecular flexibility index (Phi) is 6.16. The molecule has 0 saturated carbocycles. The van der Waals surface area contributed by atoms with E-state index in [0.717, 1.165) is 17.0 Å². The molecular weight excluding hydrogens is 472 g/mol. The second kappa shape index (κ2) is 9.06. The highest BCUT2D eigenvalue weighted by Gasteiger charge is 2.36. The number of benzene rings is 3. The molecule has 0 atom stereocenters. The number of alkyl halides is 3. The number of halogens is 4. The van der Waals surface area contributed by atoms with Crippen molar-refractivity contribution < 1.29 is 31.9 Å². The maximum Gasteiger partial charge on any atom is 0.419 e. The van der Waals surface area contributed by atoms with Gasteiger partial charge < -0.3 is 4.74 Å². The third kappa shape index (κ3) is 4.81. The zero-order chi connectivity index (χ0) is 24.5. The number of amides is 2. The van der Waals surface area contributed by atoms with Gasteiger partial charge in [0.05, 0.1) is 11.3 Å². The van der Waals surface area contributed by atoms with E-state index in [1.54, 1.807) is 24.3 Å². The molecule has 0 radical (unpaired) electrons. The smallest absolute Gasteiger partial charge is 0.419 e. The lowest BCUT2D eigenvalue weighted by molar-refractivity contribution is -0.140. The molecule has 172 valence electrons. The van der Waals surface area contributed by atoms with Crippen LogP contribution in [0.2, 0.25) is 0 Å². The number of rotatable bonds is 4. The molecule has 10 heteroatoms. The van der Waals surface area contributed by atoms with Crippen molar-refractivity contribution in [3.63, 3.8) is 0 Å². The predicted octanol–water partition coefficient (Wildman–Crippen LogP) is 5.47. The van der Waals surface area contributed by atoms with Crippen molar-refractivity contribution in [3.05, 3.63) is 95.3 Å². The molecule has 3 aromatic rings. The van der Waals surface area contributed by atoms with Gasteiger partial charge in [0.1, 0.15) is 22.9 Å². The van der Waals surface area contributed by atoms with Gasteiger partial charge in [-0.2, -0.15) is 13.2 Å². The van der Waals surface area contributed by atoms with Gasteiger partial charge in [0.2, 0.25) is 0 Å².